The molecule has 0 aliphatic carbocycles. The highest BCUT2D eigenvalue weighted by Gasteiger charge is 2.29. The summed E-state index contributed by atoms with van der Waals surface area (Å²) in [6, 6.07) is 11.2. The van der Waals surface area contributed by atoms with Crippen LogP contribution in [0.1, 0.15) is 6.42 Å². The molecule has 1 aliphatic rings. The number of ether oxygens (including phenoxy) is 2. The van der Waals surface area contributed by atoms with Crippen LogP contribution >= 0.6 is 11.6 Å². The van der Waals surface area contributed by atoms with Crippen LogP contribution in [0.25, 0.3) is 0 Å². The van der Waals surface area contributed by atoms with E-state index < -0.39 is 36.4 Å². The maximum atomic E-state index is 13.4. The number of fused-ring (bicyclic) bond motifs is 1. The number of hydrogen-bond donors (Lipinski definition) is 3. The Balaban J connectivity index is 1.43. The van der Waals surface area contributed by atoms with Gasteiger partial charge in [0.1, 0.15) is 17.3 Å². The monoisotopic (exact) mass is 489 g/mol. The molecule has 1 unspecified atom stereocenters. The Hall–Kier alpha value is -3.56. The first kappa shape index (κ1) is 25.1. The van der Waals surface area contributed by atoms with Crippen LogP contribution in [0.2, 0.25) is 5.02 Å². The molecule has 1 heterocycles. The fraction of sp³-hybridized carbons (Fsp3) is 0.250. The number of halogens is 2. The molecule has 180 valence electrons. The third-order valence-electron chi connectivity index (χ3n) is 4.98. The predicted molar refractivity (Wildman–Crippen MR) is 126 cm³/mol. The highest BCUT2D eigenvalue weighted by Crippen LogP contribution is 2.32. The maximum absolute atomic E-state index is 13.4. The van der Waals surface area contributed by atoms with Crippen molar-refractivity contribution in [3.05, 3.63) is 77.9 Å². The van der Waals surface area contributed by atoms with Crippen LogP contribution in [-0.2, 0) is 9.59 Å². The van der Waals surface area contributed by atoms with Gasteiger partial charge in [-0.25, -0.2) is 4.39 Å². The number of para-hydroxylation sites is 2. The van der Waals surface area contributed by atoms with Gasteiger partial charge in [0.15, 0.2) is 12.7 Å². The van der Waals surface area contributed by atoms with Gasteiger partial charge in [0, 0.05) is 30.9 Å². The predicted octanol–water partition coefficient (Wildman–Crippen LogP) is 2.77. The van der Waals surface area contributed by atoms with Crippen LogP contribution < -0.4 is 25.0 Å². The second-order valence-corrected chi connectivity index (χ2v) is 8.11. The third-order valence-corrected chi connectivity index (χ3v) is 5.29. The van der Waals surface area contributed by atoms with Gasteiger partial charge >= 0.3 is 0 Å². The van der Waals surface area contributed by atoms with Crippen molar-refractivity contribution in [2.24, 2.45) is 0 Å². The minimum Gasteiger partial charge on any atom is -0.484 e. The van der Waals surface area contributed by atoms with Gasteiger partial charge in [0.2, 0.25) is 0 Å². The van der Waals surface area contributed by atoms with Gasteiger partial charge in [-0.1, -0.05) is 36.9 Å². The van der Waals surface area contributed by atoms with E-state index in [4.69, 9.17) is 21.1 Å². The first-order chi connectivity index (χ1) is 16.1. The fourth-order valence-corrected chi connectivity index (χ4v) is 3.34. The zero-order valence-corrected chi connectivity index (χ0v) is 19.3. The number of hydrogen-bond acceptors (Lipinski definition) is 6. The summed E-state index contributed by atoms with van der Waals surface area (Å²) in [5.74, 6) is -0.961. The lowest BCUT2D eigenvalue weighted by Crippen LogP contribution is -2.47. The Labute approximate surface area is 201 Å². The van der Waals surface area contributed by atoms with Crippen LogP contribution in [0.15, 0.2) is 67.0 Å². The Morgan fingerprint density at radius 3 is 2.76 bits per heavy atom. The molecular weight excluding hydrogens is 465 g/mol. The molecule has 0 spiro atoms. The van der Waals surface area contributed by atoms with E-state index in [0.29, 0.717) is 12.3 Å². The van der Waals surface area contributed by atoms with Gasteiger partial charge in [-0.2, -0.15) is 0 Å². The van der Waals surface area contributed by atoms with Crippen LogP contribution in [0.5, 0.6) is 11.5 Å². The maximum Gasteiger partial charge on any atom is 0.267 e. The molecule has 2 amide bonds. The number of aliphatic hydroxyl groups is 1. The number of nitrogens with zero attached hydrogens (tertiary/aromatic N) is 1. The topological polar surface area (TPSA) is 100 Å². The van der Waals surface area contributed by atoms with Crippen molar-refractivity contribution in [2.75, 3.05) is 25.1 Å². The number of rotatable bonds is 9. The number of benzene rings is 2. The van der Waals surface area contributed by atoms with Crippen molar-refractivity contribution in [1.29, 1.82) is 0 Å². The second-order valence-electron chi connectivity index (χ2n) is 7.71. The molecule has 2 atom stereocenters. The van der Waals surface area contributed by atoms with Crippen LogP contribution in [0, 0.1) is 5.82 Å². The van der Waals surface area contributed by atoms with Gasteiger partial charge in [0.05, 0.1) is 23.4 Å². The largest absolute Gasteiger partial charge is 0.484 e. The number of aliphatic hydroxyl groups excluding tert-OH is 1. The average molecular weight is 490 g/mol. The molecule has 3 rings (SSSR count). The minimum absolute atomic E-state index is 0.00568. The van der Waals surface area contributed by atoms with Crippen LogP contribution in [0.3, 0.4) is 0 Å². The third kappa shape index (κ3) is 6.49. The summed E-state index contributed by atoms with van der Waals surface area (Å²) in [7, 11) is 1.86. The van der Waals surface area contributed by atoms with Gasteiger partial charge in [0.25, 0.3) is 11.8 Å². The highest BCUT2D eigenvalue weighted by atomic mass is 35.5. The number of amides is 2. The lowest BCUT2D eigenvalue weighted by Gasteiger charge is -2.33. The Kier molecular flexibility index (Phi) is 8.14. The van der Waals surface area contributed by atoms with E-state index in [0.717, 1.165) is 11.8 Å². The molecule has 0 fully saturated rings. The van der Waals surface area contributed by atoms with Gasteiger partial charge < -0.3 is 30.1 Å². The number of likely N-dealkylation sites (N-methyl/N-ethyl adjacent to an activating group) is 1. The van der Waals surface area contributed by atoms with E-state index in [-0.39, 0.29) is 28.6 Å². The van der Waals surface area contributed by atoms with E-state index in [2.05, 4.69) is 23.8 Å². The molecule has 1 aliphatic heterocycles. The van der Waals surface area contributed by atoms with Crippen molar-refractivity contribution < 1.29 is 28.6 Å². The Bertz CT molecular complexity index is 1110. The summed E-state index contributed by atoms with van der Waals surface area (Å²) in [6.07, 6.45) is -2.04. The van der Waals surface area contributed by atoms with Crippen molar-refractivity contribution in [3.63, 3.8) is 0 Å². The first-order valence-corrected chi connectivity index (χ1v) is 10.7. The second kappa shape index (κ2) is 11.0. The van der Waals surface area contributed by atoms with Gasteiger partial charge in [-0.05, 0) is 24.3 Å². The van der Waals surface area contributed by atoms with E-state index >= 15 is 0 Å². The Morgan fingerprint density at radius 2 is 2.03 bits per heavy atom. The van der Waals surface area contributed by atoms with E-state index in [9.17, 15) is 19.1 Å². The Morgan fingerprint density at radius 1 is 1.29 bits per heavy atom. The summed E-state index contributed by atoms with van der Waals surface area (Å²) in [6.45, 7) is 7.31. The SMILES string of the molecule is C=C(C[C@H](O)C(=C)NC(=O)COc1ccc(Cl)c(F)c1)NC(=O)C1CN(C)c2ccccc2O1. The van der Waals surface area contributed by atoms with Gasteiger partial charge in [-0.3, -0.25) is 9.59 Å². The van der Waals surface area contributed by atoms with Crippen molar-refractivity contribution in [2.45, 2.75) is 18.6 Å². The summed E-state index contributed by atoms with van der Waals surface area (Å²) < 4.78 is 24.4. The first-order valence-electron chi connectivity index (χ1n) is 10.3. The normalized spacial score (nSPS) is 15.4. The molecule has 8 nitrogen and oxygen atoms in total. The summed E-state index contributed by atoms with van der Waals surface area (Å²) in [5, 5.41) is 15.3. The molecule has 0 bridgehead atoms. The lowest BCUT2D eigenvalue weighted by atomic mass is 10.1. The average Bonchev–Trinajstić information content (AvgIpc) is 2.79. The highest BCUT2D eigenvalue weighted by molar-refractivity contribution is 6.30. The molecule has 3 N–H and O–H groups in total. The zero-order chi connectivity index (χ0) is 24.8. The number of nitrogens with one attached hydrogen (secondary N) is 2. The number of carbonyl (C=O) groups excluding carboxylic acids is 2. The number of anilines is 1. The van der Waals surface area contributed by atoms with E-state index in [1.165, 1.54) is 12.1 Å². The van der Waals surface area contributed by atoms with Crippen LogP contribution in [0.4, 0.5) is 10.1 Å². The molecule has 2 aromatic rings. The molecule has 2 aromatic carbocycles. The molecule has 0 aromatic heterocycles. The quantitative estimate of drug-likeness (QED) is 0.501. The zero-order valence-electron chi connectivity index (χ0n) is 18.5. The van der Waals surface area contributed by atoms with Crippen molar-refractivity contribution in [3.8, 4) is 11.5 Å². The molecule has 34 heavy (non-hydrogen) atoms. The fourth-order valence-electron chi connectivity index (χ4n) is 3.22. The standard InChI is InChI=1S/C24H25ClFN3O5/c1-14(27-24(32)22-12-29(3)19-6-4-5-7-21(19)34-22)10-20(30)15(2)28-23(31)13-33-16-8-9-17(25)18(26)11-16/h4-9,11,20,22,30H,1-2,10,12-13H2,3H3,(H,27,32)(H,28,31)/t20-,22?/m0/s1. The molecule has 0 saturated carbocycles. The van der Waals surface area contributed by atoms with Gasteiger partial charge in [-0.15, -0.1) is 0 Å². The summed E-state index contributed by atoms with van der Waals surface area (Å²) >= 11 is 5.60. The molecule has 10 heteroatoms. The van der Waals surface area contributed by atoms with Crippen molar-refractivity contribution in [1.82, 2.24) is 10.6 Å². The summed E-state index contributed by atoms with van der Waals surface area (Å²) in [5.41, 5.74) is 1.11. The van der Waals surface area contributed by atoms with E-state index in [1.807, 2.05) is 30.1 Å². The smallest absolute Gasteiger partial charge is 0.267 e. The lowest BCUT2D eigenvalue weighted by molar-refractivity contribution is -0.127. The number of carbonyl (C=O) groups is 2. The minimum atomic E-state index is -1.21. The molecular formula is C24H25ClFN3O5. The molecule has 0 radical (unpaired) electrons. The van der Waals surface area contributed by atoms with Crippen molar-refractivity contribution >= 4 is 29.1 Å². The van der Waals surface area contributed by atoms with E-state index in [1.54, 1.807) is 6.07 Å². The molecule has 0 saturated heterocycles. The summed E-state index contributed by atoms with van der Waals surface area (Å²) in [4.78, 5) is 26.6. The van der Waals surface area contributed by atoms with Crippen LogP contribution in [-0.4, -0.2) is 49.3 Å².